The number of hydrogen-bond acceptors (Lipinski definition) is 6. The minimum absolute atomic E-state index is 0.0861. The van der Waals surface area contributed by atoms with Crippen LogP contribution in [0.2, 0.25) is 0 Å². The molecule has 0 saturated carbocycles. The van der Waals surface area contributed by atoms with Gasteiger partial charge in [0.25, 0.3) is 12.4 Å². The van der Waals surface area contributed by atoms with Crippen molar-refractivity contribution in [2.24, 2.45) is 0 Å². The van der Waals surface area contributed by atoms with Crippen LogP contribution in [0.25, 0.3) is 11.6 Å². The average Bonchev–Trinajstić information content (AvgIpc) is 3.09. The molecule has 0 aliphatic carbocycles. The Kier molecular flexibility index (Phi) is 4.08. The van der Waals surface area contributed by atoms with Crippen molar-refractivity contribution >= 4 is 12.4 Å². The lowest BCUT2D eigenvalue weighted by Gasteiger charge is -2.25. The smallest absolute Gasteiger partial charge is 0.291 e. The molecule has 0 spiro atoms. The summed E-state index contributed by atoms with van der Waals surface area (Å²) in [6, 6.07) is 0. The number of carbonyl (C=O) groups is 2. The third-order valence-corrected chi connectivity index (χ3v) is 2.86. The van der Waals surface area contributed by atoms with Crippen LogP contribution >= 0.6 is 0 Å². The van der Waals surface area contributed by atoms with Gasteiger partial charge in [0.1, 0.15) is 0 Å². The average molecular weight is 279 g/mol. The molecule has 106 valence electrons. The van der Waals surface area contributed by atoms with Gasteiger partial charge in [0, 0.05) is 19.6 Å². The van der Waals surface area contributed by atoms with Gasteiger partial charge in [-0.2, -0.15) is 0 Å². The number of likely N-dealkylation sites (N-methyl/N-ethyl adjacent to an activating group) is 1. The zero-order chi connectivity index (χ0) is 14.5. The number of fused-ring (bicyclic) bond motifs is 1. The highest BCUT2D eigenvalue weighted by molar-refractivity contribution is 5.91. The first-order valence-corrected chi connectivity index (χ1v) is 5.92. The minimum atomic E-state index is -0.250. The molecule has 0 fully saturated rings. The summed E-state index contributed by atoms with van der Waals surface area (Å²) in [7, 11) is 0. The quantitative estimate of drug-likeness (QED) is 0.776. The van der Waals surface area contributed by atoms with E-state index in [0.29, 0.717) is 37.0 Å². The van der Waals surface area contributed by atoms with Crippen molar-refractivity contribution in [2.75, 3.05) is 13.1 Å². The predicted molar refractivity (Wildman–Crippen MR) is 65.8 cm³/mol. The number of hydrogen-bond donors (Lipinski definition) is 1. The first-order valence-electron chi connectivity index (χ1n) is 5.92. The first-order chi connectivity index (χ1) is 9.72. The van der Waals surface area contributed by atoms with Crippen molar-refractivity contribution in [3.63, 3.8) is 0 Å². The third-order valence-electron chi connectivity index (χ3n) is 2.86. The predicted octanol–water partition coefficient (Wildman–Crippen LogP) is 0.110. The van der Waals surface area contributed by atoms with E-state index in [1.54, 1.807) is 15.7 Å². The Balaban J connectivity index is 0.000000452. The lowest BCUT2D eigenvalue weighted by molar-refractivity contribution is -0.122. The molecule has 0 radical (unpaired) electrons. The number of carbonyl (C=O) groups excluding carboxylic acids is 1. The summed E-state index contributed by atoms with van der Waals surface area (Å²) in [6.45, 7) is 3.73. The molecule has 2 aromatic heterocycles. The van der Waals surface area contributed by atoms with Gasteiger partial charge in [-0.1, -0.05) is 0 Å². The highest BCUT2D eigenvalue weighted by atomic mass is 16.3. The van der Waals surface area contributed by atoms with Crippen LogP contribution < -0.4 is 0 Å². The zero-order valence-corrected chi connectivity index (χ0v) is 10.8. The molecule has 3 heterocycles. The topological polar surface area (TPSA) is 114 Å². The van der Waals surface area contributed by atoms with Crippen molar-refractivity contribution in [3.05, 3.63) is 18.4 Å². The van der Waals surface area contributed by atoms with Crippen LogP contribution in [-0.4, -0.2) is 55.2 Å². The van der Waals surface area contributed by atoms with Crippen molar-refractivity contribution in [3.8, 4) is 11.6 Å². The number of amides is 1. The monoisotopic (exact) mass is 279 g/mol. The molecule has 3 rings (SSSR count). The van der Waals surface area contributed by atoms with Crippen molar-refractivity contribution in [1.82, 2.24) is 24.6 Å². The molecule has 0 atom stereocenters. The number of oxazole rings is 1. The molecule has 0 saturated heterocycles. The van der Waals surface area contributed by atoms with E-state index in [9.17, 15) is 4.79 Å². The molecule has 1 aliphatic rings. The van der Waals surface area contributed by atoms with Gasteiger partial charge in [0.05, 0.1) is 6.20 Å². The van der Waals surface area contributed by atoms with E-state index in [2.05, 4.69) is 15.2 Å². The maximum absolute atomic E-state index is 12.0. The fourth-order valence-electron chi connectivity index (χ4n) is 1.95. The van der Waals surface area contributed by atoms with E-state index in [4.69, 9.17) is 14.3 Å². The van der Waals surface area contributed by atoms with Crippen LogP contribution in [0, 0.1) is 0 Å². The van der Waals surface area contributed by atoms with Gasteiger partial charge in [-0.15, -0.1) is 10.2 Å². The molecule has 2 aromatic rings. The van der Waals surface area contributed by atoms with Gasteiger partial charge in [-0.05, 0) is 6.92 Å². The summed E-state index contributed by atoms with van der Waals surface area (Å²) >= 11 is 0. The molecular formula is C11H13N5O4. The highest BCUT2D eigenvalue weighted by Gasteiger charge is 2.28. The van der Waals surface area contributed by atoms with Gasteiger partial charge < -0.3 is 14.4 Å². The van der Waals surface area contributed by atoms with Gasteiger partial charge >= 0.3 is 0 Å². The molecule has 20 heavy (non-hydrogen) atoms. The summed E-state index contributed by atoms with van der Waals surface area (Å²) in [5.41, 5.74) is 0. The number of carboxylic acid groups (broad SMARTS) is 1. The van der Waals surface area contributed by atoms with Crippen molar-refractivity contribution < 1.29 is 19.1 Å². The van der Waals surface area contributed by atoms with Gasteiger partial charge in [-0.3, -0.25) is 14.2 Å². The second kappa shape index (κ2) is 5.95. The fraction of sp³-hybridized carbons (Fsp3) is 0.364. The molecule has 9 nitrogen and oxygen atoms in total. The molecular weight excluding hydrogens is 266 g/mol. The Labute approximate surface area is 113 Å². The lowest BCUT2D eigenvalue weighted by atomic mass is 10.3. The molecule has 1 aliphatic heterocycles. The summed E-state index contributed by atoms with van der Waals surface area (Å²) in [4.78, 5) is 25.9. The summed E-state index contributed by atoms with van der Waals surface area (Å²) in [5.74, 6) is 1.37. The Hall–Kier alpha value is -2.71. The second-order valence-electron chi connectivity index (χ2n) is 3.85. The van der Waals surface area contributed by atoms with E-state index >= 15 is 0 Å². The number of aromatic nitrogens is 4. The van der Waals surface area contributed by atoms with Gasteiger partial charge in [0.2, 0.25) is 11.6 Å². The zero-order valence-electron chi connectivity index (χ0n) is 10.8. The van der Waals surface area contributed by atoms with Crippen LogP contribution in [0.4, 0.5) is 0 Å². The van der Waals surface area contributed by atoms with E-state index in [1.807, 2.05) is 6.92 Å². The molecule has 0 bridgehead atoms. The van der Waals surface area contributed by atoms with E-state index in [0.717, 1.165) is 0 Å². The van der Waals surface area contributed by atoms with Gasteiger partial charge in [0.15, 0.2) is 12.2 Å². The SMILES string of the molecule is CCN1CCn2c(nnc2-c2cnco2)C1=O.O=CO. The molecule has 0 unspecified atom stereocenters. The van der Waals surface area contributed by atoms with E-state index in [-0.39, 0.29) is 12.4 Å². The van der Waals surface area contributed by atoms with Gasteiger partial charge in [-0.25, -0.2) is 4.98 Å². The molecule has 0 aromatic carbocycles. The molecule has 9 heteroatoms. The van der Waals surface area contributed by atoms with Crippen LogP contribution in [-0.2, 0) is 11.3 Å². The van der Waals surface area contributed by atoms with E-state index in [1.165, 1.54) is 6.39 Å². The summed E-state index contributed by atoms with van der Waals surface area (Å²) in [6.07, 6.45) is 2.90. The normalized spacial score (nSPS) is 13.4. The Morgan fingerprint density at radius 3 is 2.70 bits per heavy atom. The Morgan fingerprint density at radius 2 is 2.10 bits per heavy atom. The van der Waals surface area contributed by atoms with Crippen LogP contribution in [0.5, 0.6) is 0 Å². The van der Waals surface area contributed by atoms with Crippen LogP contribution in [0.3, 0.4) is 0 Å². The lowest BCUT2D eigenvalue weighted by Crippen LogP contribution is -2.40. The first kappa shape index (κ1) is 13.7. The third kappa shape index (κ3) is 2.37. The molecule has 1 amide bonds. The number of rotatable bonds is 2. The van der Waals surface area contributed by atoms with Crippen LogP contribution in [0.1, 0.15) is 17.5 Å². The Morgan fingerprint density at radius 1 is 1.40 bits per heavy atom. The fourth-order valence-corrected chi connectivity index (χ4v) is 1.95. The maximum Gasteiger partial charge on any atom is 0.291 e. The minimum Gasteiger partial charge on any atom is -0.483 e. The van der Waals surface area contributed by atoms with Crippen molar-refractivity contribution in [1.29, 1.82) is 0 Å². The largest absolute Gasteiger partial charge is 0.483 e. The standard InChI is InChI=1S/C10H11N5O2.CH2O2/c1-2-14-3-4-15-8(7-5-11-6-17-7)12-13-9(15)10(14)16;2-1-3/h5-6H,2-4H2,1H3;1H,(H,2,3). The highest BCUT2D eigenvalue weighted by Crippen LogP contribution is 2.20. The number of nitrogens with zero attached hydrogens (tertiary/aromatic N) is 5. The Bertz CT molecular complexity index is 592. The summed E-state index contributed by atoms with van der Waals surface area (Å²) < 4.78 is 6.95. The summed E-state index contributed by atoms with van der Waals surface area (Å²) in [5, 5.41) is 14.8. The second-order valence-corrected chi connectivity index (χ2v) is 3.85. The van der Waals surface area contributed by atoms with Crippen molar-refractivity contribution in [2.45, 2.75) is 13.5 Å². The maximum atomic E-state index is 12.0. The van der Waals surface area contributed by atoms with E-state index < -0.39 is 0 Å². The molecule has 1 N–H and O–H groups in total. The van der Waals surface area contributed by atoms with Crippen LogP contribution in [0.15, 0.2) is 17.0 Å².